The molecule has 1 aromatic heterocycles. The van der Waals surface area contributed by atoms with Crippen LogP contribution in [0, 0.1) is 12.3 Å². The molecular formula is C20H23N3O2. The number of nitrogens with one attached hydrogen (secondary N) is 1. The average molecular weight is 337 g/mol. The van der Waals surface area contributed by atoms with E-state index in [-0.39, 0.29) is 23.0 Å². The van der Waals surface area contributed by atoms with Gasteiger partial charge in [-0.25, -0.2) is 4.79 Å². The van der Waals surface area contributed by atoms with E-state index in [1.807, 2.05) is 36.1 Å². The highest BCUT2D eigenvalue weighted by Crippen LogP contribution is 2.60. The first kappa shape index (κ1) is 15.9. The standard InChI is InChI=1S/C20H23N3O2/c1-14-9-12-22(2)18(24)16(14)21-19(25)23-13-20(10-6-11-20)17(23)15-7-4-3-5-8-15/h3-5,7-9,12,17H,6,10-11,13H2,1-2H3,(H,21,25)/t17-/m1/s1. The van der Waals surface area contributed by atoms with Crippen molar-refractivity contribution in [3.63, 3.8) is 0 Å². The van der Waals surface area contributed by atoms with Crippen molar-refractivity contribution in [3.8, 4) is 0 Å². The van der Waals surface area contributed by atoms with Crippen molar-refractivity contribution in [2.45, 2.75) is 32.2 Å². The van der Waals surface area contributed by atoms with Gasteiger partial charge in [0.15, 0.2) is 0 Å². The third-order valence-electron chi connectivity index (χ3n) is 5.81. The molecular weight excluding hydrogens is 314 g/mol. The van der Waals surface area contributed by atoms with E-state index in [1.165, 1.54) is 29.4 Å². The lowest BCUT2D eigenvalue weighted by Crippen LogP contribution is -2.64. The number of aryl methyl sites for hydroxylation is 2. The molecule has 5 heteroatoms. The van der Waals surface area contributed by atoms with E-state index in [0.29, 0.717) is 5.69 Å². The smallest absolute Gasteiger partial charge is 0.317 e. The van der Waals surface area contributed by atoms with Crippen LogP contribution in [-0.2, 0) is 7.05 Å². The van der Waals surface area contributed by atoms with Crippen LogP contribution in [-0.4, -0.2) is 22.0 Å². The second-order valence-electron chi connectivity index (χ2n) is 7.38. The van der Waals surface area contributed by atoms with E-state index in [1.54, 1.807) is 13.2 Å². The summed E-state index contributed by atoms with van der Waals surface area (Å²) >= 11 is 0. The topological polar surface area (TPSA) is 54.3 Å². The molecule has 1 N–H and O–H groups in total. The van der Waals surface area contributed by atoms with Gasteiger partial charge in [-0.2, -0.15) is 0 Å². The number of anilines is 1. The van der Waals surface area contributed by atoms with E-state index in [2.05, 4.69) is 17.4 Å². The summed E-state index contributed by atoms with van der Waals surface area (Å²) in [7, 11) is 1.69. The molecule has 2 heterocycles. The molecule has 1 aliphatic heterocycles. The van der Waals surface area contributed by atoms with Gasteiger partial charge in [0.1, 0.15) is 5.69 Å². The van der Waals surface area contributed by atoms with Crippen LogP contribution in [0.4, 0.5) is 10.5 Å². The van der Waals surface area contributed by atoms with Gasteiger partial charge in [0, 0.05) is 25.2 Å². The number of benzene rings is 1. The highest BCUT2D eigenvalue weighted by atomic mass is 16.2. The molecule has 1 atom stereocenters. The predicted octanol–water partition coefficient (Wildman–Crippen LogP) is 3.45. The fraction of sp³-hybridized carbons (Fsp3) is 0.400. The molecule has 1 saturated heterocycles. The maximum atomic E-state index is 12.9. The molecule has 0 unspecified atom stereocenters. The highest BCUT2D eigenvalue weighted by Gasteiger charge is 2.58. The number of hydrogen-bond acceptors (Lipinski definition) is 2. The van der Waals surface area contributed by atoms with Crippen LogP contribution in [0.2, 0.25) is 0 Å². The third-order valence-corrected chi connectivity index (χ3v) is 5.81. The van der Waals surface area contributed by atoms with Gasteiger partial charge in [-0.05, 0) is 37.0 Å². The Balaban J connectivity index is 1.61. The van der Waals surface area contributed by atoms with Crippen LogP contribution in [0.25, 0.3) is 0 Å². The Morgan fingerprint density at radius 1 is 1.20 bits per heavy atom. The van der Waals surface area contributed by atoms with E-state index in [9.17, 15) is 9.59 Å². The zero-order valence-electron chi connectivity index (χ0n) is 14.7. The molecule has 1 aliphatic carbocycles. The Morgan fingerprint density at radius 3 is 2.56 bits per heavy atom. The lowest BCUT2D eigenvalue weighted by molar-refractivity contribution is -0.0970. The number of urea groups is 1. The molecule has 5 nitrogen and oxygen atoms in total. The number of carbonyl (C=O) groups is 1. The van der Waals surface area contributed by atoms with E-state index < -0.39 is 0 Å². The van der Waals surface area contributed by atoms with Crippen molar-refractivity contribution in [1.82, 2.24) is 9.47 Å². The quantitative estimate of drug-likeness (QED) is 0.912. The van der Waals surface area contributed by atoms with E-state index in [4.69, 9.17) is 0 Å². The molecule has 2 fully saturated rings. The fourth-order valence-corrected chi connectivity index (χ4v) is 4.21. The third kappa shape index (κ3) is 2.46. The minimum absolute atomic E-state index is 0.107. The summed E-state index contributed by atoms with van der Waals surface area (Å²) in [5, 5.41) is 2.86. The molecule has 2 amide bonds. The second kappa shape index (κ2) is 5.76. The number of nitrogens with zero attached hydrogens (tertiary/aromatic N) is 2. The molecule has 0 radical (unpaired) electrons. The van der Waals surface area contributed by atoms with Gasteiger partial charge in [0.25, 0.3) is 5.56 Å². The maximum absolute atomic E-state index is 12.9. The first-order valence-electron chi connectivity index (χ1n) is 8.81. The Hall–Kier alpha value is -2.56. The largest absolute Gasteiger partial charge is 0.322 e. The molecule has 1 spiro atoms. The van der Waals surface area contributed by atoms with Crippen LogP contribution in [0.15, 0.2) is 47.4 Å². The van der Waals surface area contributed by atoms with Gasteiger partial charge >= 0.3 is 6.03 Å². The molecule has 0 bridgehead atoms. The molecule has 4 rings (SSSR count). The molecule has 130 valence electrons. The van der Waals surface area contributed by atoms with Crippen LogP contribution < -0.4 is 10.9 Å². The molecule has 2 aliphatic rings. The normalized spacial score (nSPS) is 20.7. The number of carbonyl (C=O) groups excluding carboxylic acids is 1. The van der Waals surface area contributed by atoms with Crippen LogP contribution >= 0.6 is 0 Å². The minimum Gasteiger partial charge on any atom is -0.317 e. The van der Waals surface area contributed by atoms with Crippen LogP contribution in [0.3, 0.4) is 0 Å². The monoisotopic (exact) mass is 337 g/mol. The summed E-state index contributed by atoms with van der Waals surface area (Å²) in [6, 6.07) is 12.0. The SMILES string of the molecule is Cc1ccn(C)c(=O)c1NC(=O)N1CC2(CCC2)[C@H]1c1ccccc1. The molecule has 1 saturated carbocycles. The van der Waals surface area contributed by atoms with Gasteiger partial charge < -0.3 is 14.8 Å². The van der Waals surface area contributed by atoms with E-state index in [0.717, 1.165) is 12.1 Å². The summed E-state index contributed by atoms with van der Waals surface area (Å²) in [5.74, 6) is 0. The molecule has 25 heavy (non-hydrogen) atoms. The predicted molar refractivity (Wildman–Crippen MR) is 97.6 cm³/mol. The van der Waals surface area contributed by atoms with Crippen molar-refractivity contribution >= 4 is 11.7 Å². The first-order valence-corrected chi connectivity index (χ1v) is 8.81. The van der Waals surface area contributed by atoms with Crippen molar-refractivity contribution in [2.75, 3.05) is 11.9 Å². The Labute approximate surface area is 147 Å². The molecule has 1 aromatic carbocycles. The van der Waals surface area contributed by atoms with Crippen molar-refractivity contribution < 1.29 is 4.79 Å². The number of pyridine rings is 1. The minimum atomic E-state index is -0.183. The van der Waals surface area contributed by atoms with Crippen molar-refractivity contribution in [1.29, 1.82) is 0 Å². The summed E-state index contributed by atoms with van der Waals surface area (Å²) in [6.45, 7) is 2.61. The molecule has 2 aromatic rings. The summed E-state index contributed by atoms with van der Waals surface area (Å²) < 4.78 is 1.49. The number of likely N-dealkylation sites (tertiary alicyclic amines) is 1. The number of aromatic nitrogens is 1. The summed E-state index contributed by atoms with van der Waals surface area (Å²) in [4.78, 5) is 27.1. The van der Waals surface area contributed by atoms with Crippen LogP contribution in [0.1, 0.15) is 36.4 Å². The van der Waals surface area contributed by atoms with Gasteiger partial charge in [-0.1, -0.05) is 36.8 Å². The number of hydrogen-bond donors (Lipinski definition) is 1. The van der Waals surface area contributed by atoms with Gasteiger partial charge in [-0.15, -0.1) is 0 Å². The number of rotatable bonds is 2. The Bertz CT molecular complexity index is 868. The lowest BCUT2D eigenvalue weighted by atomic mass is 9.56. The average Bonchev–Trinajstić information content (AvgIpc) is 2.54. The van der Waals surface area contributed by atoms with Gasteiger partial charge in [0.2, 0.25) is 0 Å². The van der Waals surface area contributed by atoms with Crippen molar-refractivity contribution in [3.05, 3.63) is 64.1 Å². The Kier molecular flexibility index (Phi) is 3.67. The second-order valence-corrected chi connectivity index (χ2v) is 7.38. The Morgan fingerprint density at radius 2 is 1.92 bits per heavy atom. The highest BCUT2D eigenvalue weighted by molar-refractivity contribution is 5.91. The van der Waals surface area contributed by atoms with Gasteiger partial charge in [0.05, 0.1) is 6.04 Å². The zero-order chi connectivity index (χ0) is 17.6. The number of amides is 2. The summed E-state index contributed by atoms with van der Waals surface area (Å²) in [5.41, 5.74) is 2.39. The fourth-order valence-electron chi connectivity index (χ4n) is 4.21. The van der Waals surface area contributed by atoms with E-state index >= 15 is 0 Å². The lowest BCUT2D eigenvalue weighted by Gasteiger charge is -2.62. The van der Waals surface area contributed by atoms with Crippen molar-refractivity contribution in [2.24, 2.45) is 12.5 Å². The van der Waals surface area contributed by atoms with Gasteiger partial charge in [-0.3, -0.25) is 4.79 Å². The summed E-state index contributed by atoms with van der Waals surface area (Å²) in [6.07, 6.45) is 5.29. The van der Waals surface area contributed by atoms with Crippen LogP contribution in [0.5, 0.6) is 0 Å². The first-order chi connectivity index (χ1) is 12.0. The maximum Gasteiger partial charge on any atom is 0.322 e. The zero-order valence-corrected chi connectivity index (χ0v) is 14.7.